The number of fused-ring (bicyclic) bond motifs is 1. The molecule has 0 bridgehead atoms. The highest BCUT2D eigenvalue weighted by Crippen LogP contribution is 2.34. The second-order valence-corrected chi connectivity index (χ2v) is 7.62. The molecule has 3 heterocycles. The average Bonchev–Trinajstić information content (AvgIpc) is 3.40. The van der Waals surface area contributed by atoms with Gasteiger partial charge in [-0.1, -0.05) is 11.2 Å². The van der Waals surface area contributed by atoms with Crippen LogP contribution in [0.2, 0.25) is 0 Å². The summed E-state index contributed by atoms with van der Waals surface area (Å²) in [5, 5.41) is 8.89. The lowest BCUT2D eigenvalue weighted by Gasteiger charge is -2.23. The van der Waals surface area contributed by atoms with Gasteiger partial charge in [0.15, 0.2) is 23.0 Å². The molecule has 0 radical (unpaired) electrons. The molecule has 146 valence electrons. The van der Waals surface area contributed by atoms with Crippen molar-refractivity contribution in [2.45, 2.75) is 6.04 Å². The van der Waals surface area contributed by atoms with Gasteiger partial charge < -0.3 is 24.2 Å². The van der Waals surface area contributed by atoms with Crippen LogP contribution in [0.5, 0.6) is 11.5 Å². The van der Waals surface area contributed by atoms with E-state index < -0.39 is 0 Å². The zero-order chi connectivity index (χ0) is 19.5. The van der Waals surface area contributed by atoms with Gasteiger partial charge in [0.05, 0.1) is 6.04 Å². The normalized spacial score (nSPS) is 14.1. The summed E-state index contributed by atoms with van der Waals surface area (Å²) in [7, 11) is 3.99. The van der Waals surface area contributed by atoms with E-state index in [0.29, 0.717) is 37.0 Å². The molecule has 0 saturated carbocycles. The summed E-state index contributed by atoms with van der Waals surface area (Å²) in [6.07, 6.45) is 0. The zero-order valence-corrected chi connectivity index (χ0v) is 16.5. The highest BCUT2D eigenvalue weighted by atomic mass is 32.1. The maximum absolute atomic E-state index is 12.5. The minimum absolute atomic E-state index is 0.105. The number of carbonyl (C=O) groups excluding carboxylic acids is 1. The van der Waals surface area contributed by atoms with Gasteiger partial charge in [-0.05, 0) is 43.7 Å². The molecule has 0 fully saturated rings. The van der Waals surface area contributed by atoms with Gasteiger partial charge in [0.25, 0.3) is 5.91 Å². The first-order chi connectivity index (χ1) is 13.6. The van der Waals surface area contributed by atoms with Gasteiger partial charge in [0.2, 0.25) is 0 Å². The molecule has 8 heteroatoms. The summed E-state index contributed by atoms with van der Waals surface area (Å²) in [6.45, 7) is 1.54. The fraction of sp³-hybridized carbons (Fsp3) is 0.300. The number of carbonyl (C=O) groups is 1. The van der Waals surface area contributed by atoms with Crippen molar-refractivity contribution < 1.29 is 18.8 Å². The number of benzene rings is 1. The van der Waals surface area contributed by atoms with Gasteiger partial charge in [0, 0.05) is 23.1 Å². The van der Waals surface area contributed by atoms with E-state index >= 15 is 0 Å². The van der Waals surface area contributed by atoms with E-state index in [0.717, 1.165) is 5.56 Å². The third-order valence-corrected chi connectivity index (χ3v) is 5.49. The highest BCUT2D eigenvalue weighted by Gasteiger charge is 2.20. The van der Waals surface area contributed by atoms with Crippen LogP contribution >= 0.6 is 11.3 Å². The number of ether oxygens (including phenoxy) is 2. The van der Waals surface area contributed by atoms with Crippen LogP contribution in [0, 0.1) is 0 Å². The second kappa shape index (κ2) is 8.04. The minimum atomic E-state index is -0.268. The lowest BCUT2D eigenvalue weighted by molar-refractivity contribution is 0.0933. The van der Waals surface area contributed by atoms with Crippen molar-refractivity contribution in [3.8, 4) is 22.8 Å². The van der Waals surface area contributed by atoms with Crippen molar-refractivity contribution in [2.24, 2.45) is 0 Å². The van der Waals surface area contributed by atoms with Crippen LogP contribution in [0.15, 0.2) is 46.3 Å². The Bertz CT molecular complexity index is 952. The average molecular weight is 399 g/mol. The molecule has 0 spiro atoms. The predicted molar refractivity (Wildman–Crippen MR) is 106 cm³/mol. The Morgan fingerprint density at radius 1 is 1.21 bits per heavy atom. The summed E-state index contributed by atoms with van der Waals surface area (Å²) in [5.41, 5.74) is 1.02. The molecule has 0 saturated heterocycles. The molecule has 28 heavy (non-hydrogen) atoms. The number of amides is 1. The van der Waals surface area contributed by atoms with Crippen LogP contribution in [-0.4, -0.2) is 49.8 Å². The summed E-state index contributed by atoms with van der Waals surface area (Å²) in [4.78, 5) is 15.8. The topological polar surface area (TPSA) is 76.8 Å². The first-order valence-corrected chi connectivity index (χ1v) is 9.84. The molecule has 7 nitrogen and oxygen atoms in total. The van der Waals surface area contributed by atoms with Crippen LogP contribution in [-0.2, 0) is 0 Å². The molecule has 1 N–H and O–H groups in total. The molecule has 1 aliphatic rings. The van der Waals surface area contributed by atoms with Crippen molar-refractivity contribution >= 4 is 17.2 Å². The van der Waals surface area contributed by atoms with E-state index in [1.165, 1.54) is 4.88 Å². The Labute approximate surface area is 166 Å². The van der Waals surface area contributed by atoms with Crippen LogP contribution in [0.25, 0.3) is 11.3 Å². The lowest BCUT2D eigenvalue weighted by atomic mass is 10.1. The Hall–Kier alpha value is -2.84. The number of aromatic nitrogens is 1. The van der Waals surface area contributed by atoms with Crippen LogP contribution in [0.4, 0.5) is 0 Å². The van der Waals surface area contributed by atoms with Gasteiger partial charge >= 0.3 is 0 Å². The van der Waals surface area contributed by atoms with Crippen molar-refractivity contribution in [1.82, 2.24) is 15.4 Å². The van der Waals surface area contributed by atoms with E-state index in [2.05, 4.69) is 21.4 Å². The number of likely N-dealkylation sites (N-methyl/N-ethyl adjacent to an activating group) is 1. The van der Waals surface area contributed by atoms with Gasteiger partial charge in [-0.15, -0.1) is 11.3 Å². The molecule has 1 aliphatic heterocycles. The highest BCUT2D eigenvalue weighted by molar-refractivity contribution is 7.10. The van der Waals surface area contributed by atoms with Crippen LogP contribution < -0.4 is 14.8 Å². The van der Waals surface area contributed by atoms with Crippen molar-refractivity contribution in [3.05, 3.63) is 52.3 Å². The van der Waals surface area contributed by atoms with E-state index in [1.54, 1.807) is 17.4 Å². The lowest BCUT2D eigenvalue weighted by Crippen LogP contribution is -2.34. The molecule has 4 rings (SSSR count). The van der Waals surface area contributed by atoms with E-state index in [-0.39, 0.29) is 17.6 Å². The Morgan fingerprint density at radius 2 is 2.04 bits per heavy atom. The van der Waals surface area contributed by atoms with Crippen molar-refractivity contribution in [1.29, 1.82) is 0 Å². The largest absolute Gasteiger partial charge is 0.486 e. The van der Waals surface area contributed by atoms with Crippen molar-refractivity contribution in [3.63, 3.8) is 0 Å². The summed E-state index contributed by atoms with van der Waals surface area (Å²) in [5.74, 6) is 1.60. The third kappa shape index (κ3) is 3.88. The molecular weight excluding hydrogens is 378 g/mol. The zero-order valence-electron chi connectivity index (χ0n) is 15.7. The van der Waals surface area contributed by atoms with Gasteiger partial charge in [-0.25, -0.2) is 0 Å². The summed E-state index contributed by atoms with van der Waals surface area (Å²) >= 11 is 1.67. The Kier molecular flexibility index (Phi) is 5.31. The molecule has 1 aromatic carbocycles. The number of hydrogen-bond acceptors (Lipinski definition) is 7. The van der Waals surface area contributed by atoms with Crippen molar-refractivity contribution in [2.75, 3.05) is 33.9 Å². The molecule has 0 aliphatic carbocycles. The third-order valence-electron chi connectivity index (χ3n) is 4.52. The van der Waals surface area contributed by atoms with Crippen LogP contribution in [0.3, 0.4) is 0 Å². The maximum atomic E-state index is 12.5. The molecule has 0 unspecified atom stereocenters. The molecular formula is C20H21N3O4S. The monoisotopic (exact) mass is 399 g/mol. The summed E-state index contributed by atoms with van der Waals surface area (Å²) in [6, 6.07) is 11.3. The number of nitrogens with zero attached hydrogens (tertiary/aromatic N) is 2. The minimum Gasteiger partial charge on any atom is -0.486 e. The number of thiophene rings is 1. The van der Waals surface area contributed by atoms with E-state index in [1.807, 2.05) is 43.7 Å². The quantitative estimate of drug-likeness (QED) is 0.686. The molecule has 3 aromatic rings. The standard InChI is InChI=1S/C20H21N3O4S/c1-23(2)15(19-4-3-9-28-19)12-21-20(24)14-11-17(27-22-14)13-5-6-16-18(10-13)26-8-7-25-16/h3-6,9-11,15H,7-8,12H2,1-2H3,(H,21,24)/t15-/m1/s1. The van der Waals surface area contributed by atoms with E-state index in [9.17, 15) is 4.79 Å². The first kappa shape index (κ1) is 18.5. The number of rotatable bonds is 6. The molecule has 1 atom stereocenters. The van der Waals surface area contributed by atoms with E-state index in [4.69, 9.17) is 14.0 Å². The SMILES string of the molecule is CN(C)[C@H](CNC(=O)c1cc(-c2ccc3c(c2)OCCO3)on1)c1cccs1. The Morgan fingerprint density at radius 3 is 2.79 bits per heavy atom. The fourth-order valence-electron chi connectivity index (χ4n) is 3.01. The summed E-state index contributed by atoms with van der Waals surface area (Å²) < 4.78 is 16.5. The molecule has 2 aromatic heterocycles. The predicted octanol–water partition coefficient (Wildman–Crippen LogP) is 3.21. The van der Waals surface area contributed by atoms with Gasteiger partial charge in [-0.3, -0.25) is 4.79 Å². The van der Waals surface area contributed by atoms with Crippen LogP contribution in [0.1, 0.15) is 21.4 Å². The smallest absolute Gasteiger partial charge is 0.273 e. The van der Waals surface area contributed by atoms with Gasteiger partial charge in [0.1, 0.15) is 13.2 Å². The Balaban J connectivity index is 1.44. The van der Waals surface area contributed by atoms with Gasteiger partial charge in [-0.2, -0.15) is 0 Å². The number of hydrogen-bond donors (Lipinski definition) is 1. The maximum Gasteiger partial charge on any atom is 0.273 e. The molecule has 1 amide bonds. The fourth-order valence-corrected chi connectivity index (χ4v) is 3.94. The first-order valence-electron chi connectivity index (χ1n) is 8.96. The second-order valence-electron chi connectivity index (χ2n) is 6.64. The number of nitrogens with one attached hydrogen (secondary N) is 1.